The van der Waals surface area contributed by atoms with Gasteiger partial charge in [-0.05, 0) is 12.8 Å². The summed E-state index contributed by atoms with van der Waals surface area (Å²) in [5.41, 5.74) is 0. The smallest absolute Gasteiger partial charge is 0.0428 e. The van der Waals surface area contributed by atoms with Crippen LogP contribution in [0.2, 0.25) is 12.1 Å². The van der Waals surface area contributed by atoms with E-state index in [1.165, 1.54) is 12.1 Å². The van der Waals surface area contributed by atoms with E-state index in [4.69, 9.17) is 10.2 Å². The molecule has 0 spiro atoms. The van der Waals surface area contributed by atoms with Crippen LogP contribution >= 0.6 is 0 Å². The van der Waals surface area contributed by atoms with Gasteiger partial charge >= 0.3 is 0 Å². The maximum Gasteiger partial charge on any atom is 0.0428 e. The van der Waals surface area contributed by atoms with Crippen LogP contribution in [0.3, 0.4) is 0 Å². The lowest BCUT2D eigenvalue weighted by Crippen LogP contribution is -1.93. The minimum absolute atomic E-state index is 0.326. The molecule has 0 saturated heterocycles. The van der Waals surface area contributed by atoms with Crippen molar-refractivity contribution >= 4 is 9.52 Å². The highest BCUT2D eigenvalue weighted by molar-refractivity contribution is 6.35. The zero-order valence-corrected chi connectivity index (χ0v) is 6.87. The number of rotatable bonds is 6. The second-order valence-electron chi connectivity index (χ2n) is 2.02. The monoisotopic (exact) mass is 147 g/mol. The summed E-state index contributed by atoms with van der Waals surface area (Å²) in [6.07, 6.45) is 1.89. The molecule has 1 radical (unpaired) electrons. The molecule has 0 atom stereocenters. The highest BCUT2D eigenvalue weighted by Gasteiger charge is 1.88. The topological polar surface area (TPSA) is 40.5 Å². The Morgan fingerprint density at radius 2 is 1.33 bits per heavy atom. The van der Waals surface area contributed by atoms with Crippen LogP contribution in [-0.2, 0) is 0 Å². The van der Waals surface area contributed by atoms with Crippen molar-refractivity contribution in [1.29, 1.82) is 0 Å². The van der Waals surface area contributed by atoms with Crippen LogP contribution in [0.1, 0.15) is 12.8 Å². The first-order valence-electron chi connectivity index (χ1n) is 3.45. The second kappa shape index (κ2) is 8.14. The summed E-state index contributed by atoms with van der Waals surface area (Å²) in [6.45, 7) is 0.651. The number of hydrogen-bond acceptors (Lipinski definition) is 2. The number of aliphatic hydroxyl groups is 2. The Kier molecular flexibility index (Phi) is 8.26. The van der Waals surface area contributed by atoms with Gasteiger partial charge in [0.2, 0.25) is 0 Å². The minimum atomic E-state index is 0.326. The van der Waals surface area contributed by atoms with Gasteiger partial charge in [0.1, 0.15) is 0 Å². The Hall–Kier alpha value is 0.137. The molecule has 0 fully saturated rings. The van der Waals surface area contributed by atoms with E-state index in [1.54, 1.807) is 0 Å². The first kappa shape index (κ1) is 9.14. The molecule has 0 aliphatic carbocycles. The summed E-state index contributed by atoms with van der Waals surface area (Å²) in [5, 5.41) is 16.8. The van der Waals surface area contributed by atoms with Crippen LogP contribution in [0, 0.1) is 0 Å². The largest absolute Gasteiger partial charge is 0.396 e. The van der Waals surface area contributed by atoms with E-state index in [0.717, 1.165) is 12.8 Å². The van der Waals surface area contributed by atoms with E-state index >= 15 is 0 Å². The first-order chi connectivity index (χ1) is 4.41. The standard InChI is InChI=1S/C6H15O2Si/c7-3-1-5-9-6-2-4-8/h7-9H,1-6H2. The van der Waals surface area contributed by atoms with E-state index in [0.29, 0.717) is 22.7 Å². The fourth-order valence-corrected chi connectivity index (χ4v) is 1.85. The maximum absolute atomic E-state index is 8.39. The SMILES string of the molecule is OCCC[SiH]CCCO. The van der Waals surface area contributed by atoms with E-state index in [2.05, 4.69) is 0 Å². The molecular formula is C6H15O2Si. The van der Waals surface area contributed by atoms with Gasteiger partial charge in [-0.2, -0.15) is 0 Å². The van der Waals surface area contributed by atoms with Crippen LogP contribution in [-0.4, -0.2) is 32.9 Å². The molecule has 0 saturated carbocycles. The van der Waals surface area contributed by atoms with E-state index in [1.807, 2.05) is 0 Å². The van der Waals surface area contributed by atoms with Gasteiger partial charge in [-0.25, -0.2) is 0 Å². The summed E-state index contributed by atoms with van der Waals surface area (Å²) < 4.78 is 0. The predicted octanol–water partition coefficient (Wildman–Crippen LogP) is 0.0243. The third kappa shape index (κ3) is 8.14. The van der Waals surface area contributed by atoms with Gasteiger partial charge in [0.15, 0.2) is 0 Å². The van der Waals surface area contributed by atoms with Gasteiger partial charge in [0.25, 0.3) is 0 Å². The molecule has 0 aliphatic heterocycles. The molecule has 2 nitrogen and oxygen atoms in total. The van der Waals surface area contributed by atoms with Crippen LogP contribution in [0.15, 0.2) is 0 Å². The summed E-state index contributed by atoms with van der Waals surface area (Å²) in [7, 11) is 0.498. The molecule has 2 N–H and O–H groups in total. The molecule has 0 unspecified atom stereocenters. The van der Waals surface area contributed by atoms with Crippen molar-refractivity contribution in [3.63, 3.8) is 0 Å². The fraction of sp³-hybridized carbons (Fsp3) is 1.00. The average molecular weight is 147 g/mol. The Labute approximate surface area is 58.7 Å². The third-order valence-corrected chi connectivity index (χ3v) is 2.77. The molecular weight excluding hydrogens is 132 g/mol. The van der Waals surface area contributed by atoms with Crippen molar-refractivity contribution in [2.45, 2.75) is 24.9 Å². The van der Waals surface area contributed by atoms with Gasteiger partial charge in [0.05, 0.1) is 0 Å². The minimum Gasteiger partial charge on any atom is -0.396 e. The summed E-state index contributed by atoms with van der Waals surface area (Å²) in [6, 6.07) is 2.35. The second-order valence-corrected chi connectivity index (χ2v) is 3.75. The van der Waals surface area contributed by atoms with Gasteiger partial charge in [-0.1, -0.05) is 12.1 Å². The summed E-state index contributed by atoms with van der Waals surface area (Å²) in [4.78, 5) is 0. The molecule has 0 aromatic heterocycles. The summed E-state index contributed by atoms with van der Waals surface area (Å²) in [5.74, 6) is 0. The van der Waals surface area contributed by atoms with Crippen molar-refractivity contribution in [3.05, 3.63) is 0 Å². The molecule has 0 aliphatic rings. The summed E-state index contributed by atoms with van der Waals surface area (Å²) >= 11 is 0. The van der Waals surface area contributed by atoms with Crippen LogP contribution in [0.25, 0.3) is 0 Å². The molecule has 0 amide bonds. The molecule has 0 rings (SSSR count). The third-order valence-electron chi connectivity index (χ3n) is 1.13. The van der Waals surface area contributed by atoms with E-state index in [-0.39, 0.29) is 0 Å². The van der Waals surface area contributed by atoms with Crippen LogP contribution in [0.5, 0.6) is 0 Å². The lowest BCUT2D eigenvalue weighted by Gasteiger charge is -1.94. The number of aliphatic hydroxyl groups excluding tert-OH is 2. The first-order valence-corrected chi connectivity index (χ1v) is 5.08. The molecule has 0 aromatic carbocycles. The molecule has 3 heteroatoms. The Balaban J connectivity index is 2.60. The van der Waals surface area contributed by atoms with Crippen molar-refractivity contribution in [2.75, 3.05) is 13.2 Å². The molecule has 0 aromatic rings. The lowest BCUT2D eigenvalue weighted by atomic mass is 10.5. The highest BCUT2D eigenvalue weighted by Crippen LogP contribution is 1.93. The van der Waals surface area contributed by atoms with Crippen molar-refractivity contribution in [1.82, 2.24) is 0 Å². The quantitative estimate of drug-likeness (QED) is 0.411. The Morgan fingerprint density at radius 1 is 0.889 bits per heavy atom. The van der Waals surface area contributed by atoms with E-state index < -0.39 is 0 Å². The van der Waals surface area contributed by atoms with Crippen molar-refractivity contribution in [3.8, 4) is 0 Å². The normalized spacial score (nSPS) is 10.0. The molecule has 0 bridgehead atoms. The van der Waals surface area contributed by atoms with Gasteiger partial charge < -0.3 is 10.2 Å². The fourth-order valence-electron chi connectivity index (χ4n) is 0.616. The molecule has 0 heterocycles. The van der Waals surface area contributed by atoms with Crippen molar-refractivity contribution < 1.29 is 10.2 Å². The number of hydrogen-bond donors (Lipinski definition) is 2. The Bertz CT molecular complexity index is 44.3. The van der Waals surface area contributed by atoms with Crippen LogP contribution < -0.4 is 0 Å². The average Bonchev–Trinajstić information content (AvgIpc) is 1.89. The van der Waals surface area contributed by atoms with Crippen molar-refractivity contribution in [2.24, 2.45) is 0 Å². The van der Waals surface area contributed by atoms with Gasteiger partial charge in [-0.15, -0.1) is 0 Å². The maximum atomic E-state index is 8.39. The molecule has 9 heavy (non-hydrogen) atoms. The zero-order chi connectivity index (χ0) is 6.95. The Morgan fingerprint density at radius 3 is 1.67 bits per heavy atom. The van der Waals surface area contributed by atoms with Gasteiger partial charge in [-0.3, -0.25) is 0 Å². The zero-order valence-electron chi connectivity index (χ0n) is 5.71. The molecule has 55 valence electrons. The predicted molar refractivity (Wildman–Crippen MR) is 40.2 cm³/mol. The highest BCUT2D eigenvalue weighted by atomic mass is 28.2. The van der Waals surface area contributed by atoms with E-state index in [9.17, 15) is 0 Å². The van der Waals surface area contributed by atoms with Gasteiger partial charge in [0, 0.05) is 22.7 Å². The lowest BCUT2D eigenvalue weighted by molar-refractivity contribution is 0.292. The van der Waals surface area contributed by atoms with Crippen LogP contribution in [0.4, 0.5) is 0 Å².